The van der Waals surface area contributed by atoms with Gasteiger partial charge in [0.2, 0.25) is 18.1 Å². The number of esters is 1. The van der Waals surface area contributed by atoms with E-state index in [1.807, 2.05) is 0 Å². The quantitative estimate of drug-likeness (QED) is 0.236. The van der Waals surface area contributed by atoms with Crippen LogP contribution in [0.3, 0.4) is 0 Å². The molecule has 2 heterocycles. The topological polar surface area (TPSA) is 151 Å². The number of amides is 3. The zero-order valence-electron chi connectivity index (χ0n) is 16.2. The minimum Gasteiger partial charge on any atom is -0.434 e. The highest BCUT2D eigenvalue weighted by molar-refractivity contribution is 5.99. The van der Waals surface area contributed by atoms with Gasteiger partial charge in [0.1, 0.15) is 12.1 Å². The number of aliphatic hydroxyl groups is 1. The van der Waals surface area contributed by atoms with Crippen molar-refractivity contribution in [2.24, 2.45) is 5.73 Å². The molecule has 2 saturated heterocycles. The van der Waals surface area contributed by atoms with Crippen LogP contribution in [0, 0.1) is 0 Å². The number of allylic oxidation sites excluding steroid dienone is 2. The van der Waals surface area contributed by atoms with Crippen molar-refractivity contribution in [1.29, 1.82) is 0 Å². The summed E-state index contributed by atoms with van der Waals surface area (Å²) < 4.78 is 4.60. The van der Waals surface area contributed by atoms with Gasteiger partial charge in [-0.3, -0.25) is 19.2 Å². The molecule has 29 heavy (non-hydrogen) atoms. The number of nitrogens with one attached hydrogen (secondary N) is 2. The van der Waals surface area contributed by atoms with Gasteiger partial charge in [-0.1, -0.05) is 12.7 Å². The summed E-state index contributed by atoms with van der Waals surface area (Å²) >= 11 is 0. The van der Waals surface area contributed by atoms with Crippen LogP contribution in [0.15, 0.2) is 36.1 Å². The van der Waals surface area contributed by atoms with Crippen molar-refractivity contribution in [2.75, 3.05) is 13.1 Å². The number of carbonyl (C=O) groups excluding carboxylic acids is 4. The van der Waals surface area contributed by atoms with Crippen molar-refractivity contribution in [3.05, 3.63) is 36.1 Å². The van der Waals surface area contributed by atoms with Crippen LogP contribution >= 0.6 is 0 Å². The minimum atomic E-state index is -1.40. The van der Waals surface area contributed by atoms with Gasteiger partial charge in [0.25, 0.3) is 5.91 Å². The van der Waals surface area contributed by atoms with E-state index < -0.39 is 42.1 Å². The number of rotatable bonds is 7. The number of likely N-dealkylation sites (tertiary alicyclic amines) is 1. The third-order valence-corrected chi connectivity index (χ3v) is 4.81. The predicted molar refractivity (Wildman–Crippen MR) is 103 cm³/mol. The van der Waals surface area contributed by atoms with Crippen LogP contribution in [0.5, 0.6) is 0 Å². The molecule has 3 atom stereocenters. The Kier molecular flexibility index (Phi) is 7.54. The summed E-state index contributed by atoms with van der Waals surface area (Å²) in [5, 5.41) is 14.7. The van der Waals surface area contributed by atoms with Gasteiger partial charge in [-0.25, -0.2) is 0 Å². The van der Waals surface area contributed by atoms with Gasteiger partial charge in [0, 0.05) is 12.1 Å². The third kappa shape index (κ3) is 5.44. The fourth-order valence-corrected chi connectivity index (χ4v) is 3.30. The van der Waals surface area contributed by atoms with E-state index in [9.17, 15) is 24.3 Å². The Morgan fingerprint density at radius 3 is 2.72 bits per heavy atom. The van der Waals surface area contributed by atoms with Crippen LogP contribution in [0.2, 0.25) is 0 Å². The summed E-state index contributed by atoms with van der Waals surface area (Å²) in [4.78, 5) is 49.9. The monoisotopic (exact) mass is 406 g/mol. The maximum Gasteiger partial charge on any atom is 0.310 e. The highest BCUT2D eigenvalue weighted by Gasteiger charge is 2.39. The van der Waals surface area contributed by atoms with Crippen molar-refractivity contribution in [3.63, 3.8) is 0 Å². The first-order chi connectivity index (χ1) is 13.8. The second kappa shape index (κ2) is 9.87. The predicted octanol–water partition coefficient (Wildman–Crippen LogP) is -1.18. The Morgan fingerprint density at radius 2 is 2.14 bits per heavy atom. The molecule has 0 aromatic heterocycles. The van der Waals surface area contributed by atoms with E-state index in [1.54, 1.807) is 13.0 Å². The van der Waals surface area contributed by atoms with Crippen molar-refractivity contribution in [3.8, 4) is 0 Å². The standard InChI is InChI=1S/C19H26N4O6/c1-3-12(11(2)6-7-20)17(26)21-10-15(24)23-8-4-5-14(23)18(27)22-13-9-16(25)29-19(13)28/h3,6-7,13-14,19,28H,1,4-5,8-10,20H2,2H3,(H,21,26)(H,22,27)/b7-6-,12-11+/t13-,14-,19+/m0/s1. The van der Waals surface area contributed by atoms with Crippen LogP contribution in [-0.2, 0) is 23.9 Å². The number of nitrogens with zero attached hydrogens (tertiary/aromatic N) is 1. The average Bonchev–Trinajstić information content (AvgIpc) is 3.27. The van der Waals surface area contributed by atoms with Gasteiger partial charge in [0.15, 0.2) is 0 Å². The number of hydrogen-bond donors (Lipinski definition) is 4. The number of hydrogen-bond acceptors (Lipinski definition) is 7. The molecule has 2 aliphatic heterocycles. The highest BCUT2D eigenvalue weighted by atomic mass is 16.6. The van der Waals surface area contributed by atoms with Crippen LogP contribution < -0.4 is 16.4 Å². The lowest BCUT2D eigenvalue weighted by Crippen LogP contribution is -2.52. The van der Waals surface area contributed by atoms with Gasteiger partial charge in [0.05, 0.1) is 13.0 Å². The molecule has 0 bridgehead atoms. The summed E-state index contributed by atoms with van der Waals surface area (Å²) in [6.07, 6.45) is 3.76. The third-order valence-electron chi connectivity index (χ3n) is 4.81. The normalized spacial score (nSPS) is 24.8. The molecular formula is C19H26N4O6. The first-order valence-corrected chi connectivity index (χ1v) is 9.25. The number of ether oxygens (including phenoxy) is 1. The maximum atomic E-state index is 12.6. The van der Waals surface area contributed by atoms with Gasteiger partial charge in [-0.15, -0.1) is 0 Å². The molecule has 0 spiro atoms. The molecule has 0 saturated carbocycles. The van der Waals surface area contributed by atoms with Gasteiger partial charge >= 0.3 is 5.97 Å². The second-order valence-electron chi connectivity index (χ2n) is 6.79. The van der Waals surface area contributed by atoms with Gasteiger partial charge in [-0.2, -0.15) is 0 Å². The molecule has 2 aliphatic rings. The van der Waals surface area contributed by atoms with Gasteiger partial charge < -0.3 is 31.1 Å². The summed E-state index contributed by atoms with van der Waals surface area (Å²) in [7, 11) is 0. The second-order valence-corrected chi connectivity index (χ2v) is 6.79. The Balaban J connectivity index is 1.95. The van der Waals surface area contributed by atoms with Crippen LogP contribution in [0.4, 0.5) is 0 Å². The highest BCUT2D eigenvalue weighted by Crippen LogP contribution is 2.19. The smallest absolute Gasteiger partial charge is 0.310 e. The van der Waals surface area contributed by atoms with E-state index >= 15 is 0 Å². The summed E-state index contributed by atoms with van der Waals surface area (Å²) in [5.41, 5.74) is 6.21. The van der Waals surface area contributed by atoms with Crippen molar-refractivity contribution in [2.45, 2.75) is 44.6 Å². The fourth-order valence-electron chi connectivity index (χ4n) is 3.30. The summed E-state index contributed by atoms with van der Waals surface area (Å²) in [6.45, 7) is 5.36. The molecule has 0 aromatic carbocycles. The Bertz CT molecular complexity index is 760. The molecule has 5 N–H and O–H groups in total. The minimum absolute atomic E-state index is 0.128. The molecule has 10 heteroatoms. The summed E-state index contributed by atoms with van der Waals surface area (Å²) in [5.74, 6) is -1.96. The van der Waals surface area contributed by atoms with Crippen LogP contribution in [-0.4, -0.2) is 65.2 Å². The molecule has 2 fully saturated rings. The zero-order valence-corrected chi connectivity index (χ0v) is 16.2. The van der Waals surface area contributed by atoms with E-state index in [0.717, 1.165) is 0 Å². The lowest BCUT2D eigenvalue weighted by molar-refractivity contribution is -0.155. The van der Waals surface area contributed by atoms with Crippen molar-refractivity contribution in [1.82, 2.24) is 15.5 Å². The van der Waals surface area contributed by atoms with Crippen molar-refractivity contribution < 1.29 is 29.0 Å². The Hall–Kier alpha value is -3.14. The first-order valence-electron chi connectivity index (χ1n) is 9.25. The van der Waals surface area contributed by atoms with Crippen LogP contribution in [0.25, 0.3) is 0 Å². The number of nitrogens with two attached hydrogens (primary N) is 1. The number of aliphatic hydroxyl groups excluding tert-OH is 1. The fraction of sp³-hybridized carbons (Fsp3) is 0.474. The largest absolute Gasteiger partial charge is 0.434 e. The van der Waals surface area contributed by atoms with E-state index in [-0.39, 0.29) is 18.5 Å². The van der Waals surface area contributed by atoms with E-state index in [1.165, 1.54) is 17.2 Å². The lowest BCUT2D eigenvalue weighted by Gasteiger charge is -2.25. The van der Waals surface area contributed by atoms with E-state index in [0.29, 0.717) is 25.0 Å². The maximum absolute atomic E-state index is 12.6. The Labute approximate surface area is 168 Å². The Morgan fingerprint density at radius 1 is 1.41 bits per heavy atom. The molecule has 0 radical (unpaired) electrons. The number of carbonyl (C=O) groups is 4. The molecular weight excluding hydrogens is 380 g/mol. The molecule has 0 aromatic rings. The summed E-state index contributed by atoms with van der Waals surface area (Å²) in [6, 6.07) is -1.58. The van der Waals surface area contributed by atoms with Crippen LogP contribution in [0.1, 0.15) is 26.2 Å². The van der Waals surface area contributed by atoms with E-state index in [2.05, 4.69) is 21.9 Å². The molecule has 0 aliphatic carbocycles. The number of cyclic esters (lactones) is 1. The molecule has 3 amide bonds. The SMILES string of the molecule is C=C/C(C(=O)NCC(=O)N1CCC[C@H]1C(=O)N[C@H]1CC(=O)O[C@H]1O)=C(C)\C=C/N. The molecule has 2 rings (SSSR count). The molecule has 0 unspecified atom stereocenters. The molecule has 158 valence electrons. The van der Waals surface area contributed by atoms with Gasteiger partial charge in [-0.05, 0) is 37.6 Å². The zero-order chi connectivity index (χ0) is 21.6. The lowest BCUT2D eigenvalue weighted by atomic mass is 10.1. The first kappa shape index (κ1) is 22.2. The average molecular weight is 406 g/mol. The van der Waals surface area contributed by atoms with E-state index in [4.69, 9.17) is 5.73 Å². The molecule has 10 nitrogen and oxygen atoms in total. The van der Waals surface area contributed by atoms with Crippen molar-refractivity contribution >= 4 is 23.7 Å².